The lowest BCUT2D eigenvalue weighted by atomic mass is 9.94. The van der Waals surface area contributed by atoms with Crippen LogP contribution in [0.5, 0.6) is 0 Å². The Morgan fingerprint density at radius 3 is 2.32 bits per heavy atom. The van der Waals surface area contributed by atoms with Crippen molar-refractivity contribution in [2.75, 3.05) is 19.7 Å². The van der Waals surface area contributed by atoms with Gasteiger partial charge in [0.2, 0.25) is 0 Å². The van der Waals surface area contributed by atoms with E-state index >= 15 is 0 Å². The van der Waals surface area contributed by atoms with E-state index < -0.39 is 5.60 Å². The molecule has 2 amide bonds. The van der Waals surface area contributed by atoms with Crippen molar-refractivity contribution in [3.8, 4) is 0 Å². The van der Waals surface area contributed by atoms with Crippen molar-refractivity contribution < 1.29 is 15.0 Å². The number of aliphatic hydroxyl groups excluding tert-OH is 1. The Labute approximate surface area is 134 Å². The molecule has 1 aliphatic rings. The molecule has 1 rings (SSSR count). The first-order chi connectivity index (χ1) is 10.4. The van der Waals surface area contributed by atoms with Gasteiger partial charge in [0.05, 0.1) is 5.60 Å². The normalized spacial score (nSPS) is 19.5. The first kappa shape index (κ1) is 19.2. The van der Waals surface area contributed by atoms with E-state index in [9.17, 15) is 9.90 Å². The zero-order chi connectivity index (χ0) is 16.4. The van der Waals surface area contributed by atoms with Gasteiger partial charge in [0, 0.05) is 19.7 Å². The highest BCUT2D eigenvalue weighted by Gasteiger charge is 2.28. The zero-order valence-corrected chi connectivity index (χ0v) is 14.2. The van der Waals surface area contributed by atoms with E-state index in [2.05, 4.69) is 24.5 Å². The smallest absolute Gasteiger partial charge is 0.314 e. The fourth-order valence-electron chi connectivity index (χ4n) is 3.26. The van der Waals surface area contributed by atoms with Crippen molar-refractivity contribution in [2.24, 2.45) is 11.8 Å². The van der Waals surface area contributed by atoms with Gasteiger partial charge in [0.15, 0.2) is 0 Å². The van der Waals surface area contributed by atoms with Crippen LogP contribution in [0.15, 0.2) is 0 Å². The van der Waals surface area contributed by atoms with Crippen molar-refractivity contribution in [3.05, 3.63) is 0 Å². The predicted molar refractivity (Wildman–Crippen MR) is 88.7 cm³/mol. The molecule has 0 heterocycles. The molecule has 5 heteroatoms. The zero-order valence-electron chi connectivity index (χ0n) is 14.2. The number of amides is 2. The van der Waals surface area contributed by atoms with E-state index in [1.54, 1.807) is 0 Å². The molecule has 130 valence electrons. The van der Waals surface area contributed by atoms with Crippen LogP contribution < -0.4 is 10.6 Å². The van der Waals surface area contributed by atoms with Crippen molar-refractivity contribution in [2.45, 2.75) is 70.8 Å². The minimum absolute atomic E-state index is 0.153. The summed E-state index contributed by atoms with van der Waals surface area (Å²) in [7, 11) is 0. The maximum absolute atomic E-state index is 11.9. The lowest BCUT2D eigenvalue weighted by Gasteiger charge is -2.27. The molecule has 0 aromatic heterocycles. The number of rotatable bonds is 8. The summed E-state index contributed by atoms with van der Waals surface area (Å²) in [6.45, 7) is 5.34. The third-order valence-electron chi connectivity index (χ3n) is 4.51. The third kappa shape index (κ3) is 7.99. The molecule has 0 bridgehead atoms. The molecule has 1 unspecified atom stereocenters. The summed E-state index contributed by atoms with van der Waals surface area (Å²) in [5.74, 6) is 0.852. The molecule has 5 nitrogen and oxygen atoms in total. The minimum atomic E-state index is -0.740. The van der Waals surface area contributed by atoms with Crippen LogP contribution in [0.4, 0.5) is 4.79 Å². The molecule has 4 N–H and O–H groups in total. The molecule has 1 aliphatic carbocycles. The Kier molecular flexibility index (Phi) is 8.79. The molecule has 0 saturated heterocycles. The van der Waals surface area contributed by atoms with Gasteiger partial charge in [-0.25, -0.2) is 4.79 Å². The maximum Gasteiger partial charge on any atom is 0.314 e. The highest BCUT2D eigenvalue weighted by molar-refractivity contribution is 5.73. The summed E-state index contributed by atoms with van der Waals surface area (Å²) >= 11 is 0. The molecular formula is C17H34N2O3. The van der Waals surface area contributed by atoms with E-state index in [0.29, 0.717) is 31.3 Å². The van der Waals surface area contributed by atoms with Crippen LogP contribution >= 0.6 is 0 Å². The molecule has 0 radical (unpaired) electrons. The number of carbonyl (C=O) groups is 1. The molecule has 1 atom stereocenters. The largest absolute Gasteiger partial charge is 0.396 e. The summed E-state index contributed by atoms with van der Waals surface area (Å²) in [5.41, 5.74) is -0.740. The fraction of sp³-hybridized carbons (Fsp3) is 0.941. The second-order valence-electron chi connectivity index (χ2n) is 7.21. The summed E-state index contributed by atoms with van der Waals surface area (Å²) in [4.78, 5) is 11.9. The van der Waals surface area contributed by atoms with Crippen molar-refractivity contribution >= 4 is 6.03 Å². The quantitative estimate of drug-likeness (QED) is 0.519. The Morgan fingerprint density at radius 1 is 1.14 bits per heavy atom. The van der Waals surface area contributed by atoms with Gasteiger partial charge in [-0.2, -0.15) is 0 Å². The van der Waals surface area contributed by atoms with Gasteiger partial charge in [0.25, 0.3) is 0 Å². The minimum Gasteiger partial charge on any atom is -0.396 e. The van der Waals surface area contributed by atoms with Crippen LogP contribution in [0, 0.1) is 11.8 Å². The van der Waals surface area contributed by atoms with Crippen LogP contribution in [-0.4, -0.2) is 41.5 Å². The van der Waals surface area contributed by atoms with Crippen LogP contribution in [0.25, 0.3) is 0 Å². The molecule has 0 aromatic carbocycles. The SMILES string of the molecule is CC(C)CC(CCO)CNC(=O)NCC1(O)CCCCCC1. The van der Waals surface area contributed by atoms with Crippen LogP contribution in [0.1, 0.15) is 65.2 Å². The van der Waals surface area contributed by atoms with Gasteiger partial charge in [-0.1, -0.05) is 39.5 Å². The van der Waals surface area contributed by atoms with E-state index in [1.165, 1.54) is 12.8 Å². The molecule has 1 saturated carbocycles. The lowest BCUT2D eigenvalue weighted by molar-refractivity contribution is 0.0276. The number of hydrogen-bond acceptors (Lipinski definition) is 3. The second-order valence-corrected chi connectivity index (χ2v) is 7.21. The van der Waals surface area contributed by atoms with Gasteiger partial charge >= 0.3 is 6.03 Å². The Hall–Kier alpha value is -0.810. The Morgan fingerprint density at radius 2 is 1.77 bits per heavy atom. The Bertz CT molecular complexity index is 313. The van der Waals surface area contributed by atoms with Crippen LogP contribution in [-0.2, 0) is 0 Å². The fourth-order valence-corrected chi connectivity index (χ4v) is 3.26. The van der Waals surface area contributed by atoms with E-state index in [-0.39, 0.29) is 12.6 Å². The van der Waals surface area contributed by atoms with Gasteiger partial charge < -0.3 is 20.8 Å². The number of aliphatic hydroxyl groups is 2. The van der Waals surface area contributed by atoms with Crippen molar-refractivity contribution in [1.82, 2.24) is 10.6 Å². The molecule has 0 aromatic rings. The molecule has 0 aliphatic heterocycles. The van der Waals surface area contributed by atoms with Crippen molar-refractivity contribution in [1.29, 1.82) is 0 Å². The van der Waals surface area contributed by atoms with Gasteiger partial charge in [0.1, 0.15) is 0 Å². The topological polar surface area (TPSA) is 81.6 Å². The molecule has 1 fully saturated rings. The first-order valence-corrected chi connectivity index (χ1v) is 8.80. The molecular weight excluding hydrogens is 280 g/mol. The maximum atomic E-state index is 11.9. The first-order valence-electron chi connectivity index (χ1n) is 8.80. The summed E-state index contributed by atoms with van der Waals surface area (Å²) in [5, 5.41) is 25.3. The van der Waals surface area contributed by atoms with E-state index in [4.69, 9.17) is 5.11 Å². The number of hydrogen-bond donors (Lipinski definition) is 4. The highest BCUT2D eigenvalue weighted by Crippen LogP contribution is 2.26. The van der Waals surface area contributed by atoms with Crippen LogP contribution in [0.3, 0.4) is 0 Å². The number of carbonyl (C=O) groups excluding carboxylic acids is 1. The predicted octanol–water partition coefficient (Wildman–Crippen LogP) is 2.42. The van der Waals surface area contributed by atoms with E-state index in [1.807, 2.05) is 0 Å². The molecule has 22 heavy (non-hydrogen) atoms. The monoisotopic (exact) mass is 314 g/mol. The number of urea groups is 1. The summed E-state index contributed by atoms with van der Waals surface area (Å²) in [6, 6.07) is -0.218. The van der Waals surface area contributed by atoms with Crippen LogP contribution in [0.2, 0.25) is 0 Å². The van der Waals surface area contributed by atoms with Gasteiger partial charge in [-0.3, -0.25) is 0 Å². The lowest BCUT2D eigenvalue weighted by Crippen LogP contribution is -2.47. The Balaban J connectivity index is 2.29. The summed E-state index contributed by atoms with van der Waals surface area (Å²) in [6.07, 6.45) is 7.66. The average molecular weight is 314 g/mol. The van der Waals surface area contributed by atoms with Gasteiger partial charge in [-0.05, 0) is 37.5 Å². The average Bonchev–Trinajstić information content (AvgIpc) is 2.68. The standard InChI is InChI=1S/C17H34N2O3/c1-14(2)11-15(7-10-20)12-18-16(21)19-13-17(22)8-5-3-4-6-9-17/h14-15,20,22H,3-13H2,1-2H3,(H2,18,19,21). The third-order valence-corrected chi connectivity index (χ3v) is 4.51. The molecule has 0 spiro atoms. The number of nitrogens with one attached hydrogen (secondary N) is 2. The van der Waals surface area contributed by atoms with E-state index in [0.717, 1.165) is 32.1 Å². The van der Waals surface area contributed by atoms with Crippen molar-refractivity contribution in [3.63, 3.8) is 0 Å². The summed E-state index contributed by atoms with van der Waals surface area (Å²) < 4.78 is 0. The highest BCUT2D eigenvalue weighted by atomic mass is 16.3. The van der Waals surface area contributed by atoms with Gasteiger partial charge in [-0.15, -0.1) is 0 Å². The second kappa shape index (κ2) is 10.1.